The molecule has 0 aliphatic carbocycles. The van der Waals surface area contributed by atoms with Crippen molar-refractivity contribution in [3.05, 3.63) is 39.3 Å². The normalized spacial score (nSPS) is 13.7. The lowest BCUT2D eigenvalue weighted by atomic mass is 10.0. The third kappa shape index (κ3) is 3.25. The van der Waals surface area contributed by atoms with Crippen molar-refractivity contribution in [1.29, 1.82) is 0 Å². The monoisotopic (exact) mass is 326 g/mol. The summed E-state index contributed by atoms with van der Waals surface area (Å²) in [6.45, 7) is 3.51. The van der Waals surface area contributed by atoms with Crippen LogP contribution in [-0.4, -0.2) is 27.1 Å². The lowest BCUT2D eigenvalue weighted by Crippen LogP contribution is -2.57. The molecule has 1 unspecified atom stereocenters. The van der Waals surface area contributed by atoms with E-state index in [1.54, 1.807) is 30.8 Å². The van der Waals surface area contributed by atoms with E-state index in [4.69, 9.17) is 17.3 Å². The highest BCUT2D eigenvalue weighted by molar-refractivity contribution is 7.13. The van der Waals surface area contributed by atoms with E-state index in [1.165, 1.54) is 16.0 Å². The maximum atomic E-state index is 12.3. The van der Waals surface area contributed by atoms with Crippen LogP contribution in [-0.2, 0) is 11.3 Å². The average molecular weight is 327 g/mol. The number of nitrogens with one attached hydrogen (secondary N) is 1. The summed E-state index contributed by atoms with van der Waals surface area (Å²) in [5, 5.41) is 8.85. The molecule has 2 heterocycles. The summed E-state index contributed by atoms with van der Waals surface area (Å²) in [4.78, 5) is 24.4. The molecule has 2 aromatic heterocycles. The Morgan fingerprint density at radius 1 is 1.57 bits per heavy atom. The van der Waals surface area contributed by atoms with Gasteiger partial charge in [0.1, 0.15) is 10.4 Å². The molecule has 8 heteroatoms. The Kier molecular flexibility index (Phi) is 4.34. The van der Waals surface area contributed by atoms with Gasteiger partial charge in [0, 0.05) is 12.4 Å². The molecule has 0 spiro atoms. The Labute approximate surface area is 130 Å². The molecule has 0 saturated carbocycles. The van der Waals surface area contributed by atoms with Gasteiger partial charge in [-0.1, -0.05) is 11.6 Å². The van der Waals surface area contributed by atoms with Crippen molar-refractivity contribution in [2.24, 2.45) is 5.73 Å². The van der Waals surface area contributed by atoms with E-state index in [0.717, 1.165) is 5.56 Å². The van der Waals surface area contributed by atoms with Crippen molar-refractivity contribution in [3.63, 3.8) is 0 Å². The van der Waals surface area contributed by atoms with Crippen molar-refractivity contribution in [2.75, 3.05) is 0 Å². The molecule has 0 fully saturated rings. The Bertz CT molecular complexity index is 668. The van der Waals surface area contributed by atoms with Gasteiger partial charge in [0.25, 0.3) is 5.91 Å². The number of nitrogens with zero attached hydrogens (tertiary/aromatic N) is 2. The number of carbonyl (C=O) groups is 2. The minimum Gasteiger partial charge on any atom is -0.368 e. The highest BCUT2D eigenvalue weighted by atomic mass is 35.5. The van der Waals surface area contributed by atoms with Gasteiger partial charge in [-0.15, -0.1) is 11.3 Å². The second kappa shape index (κ2) is 5.87. The quantitative estimate of drug-likeness (QED) is 0.874. The predicted octanol–water partition coefficient (Wildman–Crippen LogP) is 1.58. The molecule has 0 aromatic carbocycles. The first-order valence-corrected chi connectivity index (χ1v) is 7.42. The van der Waals surface area contributed by atoms with Crippen LogP contribution in [0.4, 0.5) is 0 Å². The molecular formula is C13H15ClN4O2S. The van der Waals surface area contributed by atoms with Crippen LogP contribution in [0.15, 0.2) is 23.8 Å². The molecule has 0 aliphatic heterocycles. The van der Waals surface area contributed by atoms with Gasteiger partial charge in [-0.3, -0.25) is 14.3 Å². The van der Waals surface area contributed by atoms with E-state index in [9.17, 15) is 9.59 Å². The maximum absolute atomic E-state index is 12.3. The Morgan fingerprint density at radius 3 is 2.76 bits per heavy atom. The van der Waals surface area contributed by atoms with Crippen LogP contribution in [0.2, 0.25) is 5.02 Å². The molecule has 3 N–H and O–H groups in total. The lowest BCUT2D eigenvalue weighted by Gasteiger charge is -2.27. The number of rotatable bonds is 5. The molecular weight excluding hydrogens is 312 g/mol. The number of hydrogen-bond donors (Lipinski definition) is 2. The van der Waals surface area contributed by atoms with Crippen molar-refractivity contribution in [3.8, 4) is 0 Å². The minimum absolute atomic E-state index is 0.142. The average Bonchev–Trinajstić information content (AvgIpc) is 3.01. The third-order valence-electron chi connectivity index (χ3n) is 3.08. The predicted molar refractivity (Wildman–Crippen MR) is 81.4 cm³/mol. The number of thiophene rings is 1. The fourth-order valence-corrected chi connectivity index (χ4v) is 2.96. The van der Waals surface area contributed by atoms with Gasteiger partial charge >= 0.3 is 0 Å². The first-order chi connectivity index (χ1) is 9.83. The van der Waals surface area contributed by atoms with Crippen LogP contribution in [0.25, 0.3) is 0 Å². The zero-order valence-electron chi connectivity index (χ0n) is 11.6. The molecule has 0 bridgehead atoms. The summed E-state index contributed by atoms with van der Waals surface area (Å²) in [6, 6.07) is 1.72. The molecule has 6 nitrogen and oxygen atoms in total. The fraction of sp³-hybridized carbons (Fsp3) is 0.308. The zero-order valence-corrected chi connectivity index (χ0v) is 13.2. The second-order valence-corrected chi connectivity index (χ2v) is 6.17. The summed E-state index contributed by atoms with van der Waals surface area (Å²) in [6.07, 6.45) is 3.28. The molecule has 1 atom stereocenters. The lowest BCUT2D eigenvalue weighted by molar-refractivity contribution is -0.124. The fourth-order valence-electron chi connectivity index (χ4n) is 1.79. The van der Waals surface area contributed by atoms with Gasteiger partial charge in [-0.2, -0.15) is 5.10 Å². The summed E-state index contributed by atoms with van der Waals surface area (Å²) in [5.74, 6) is -1.07. The van der Waals surface area contributed by atoms with E-state index in [2.05, 4.69) is 10.4 Å². The van der Waals surface area contributed by atoms with E-state index >= 15 is 0 Å². The number of nitrogens with two attached hydrogens (primary N) is 1. The molecule has 112 valence electrons. The Balaban J connectivity index is 2.22. The van der Waals surface area contributed by atoms with Crippen molar-refractivity contribution >= 4 is 34.8 Å². The zero-order chi connectivity index (χ0) is 15.6. The minimum atomic E-state index is -1.26. The smallest absolute Gasteiger partial charge is 0.263 e. The summed E-state index contributed by atoms with van der Waals surface area (Å²) in [7, 11) is 0. The Morgan fingerprint density at radius 2 is 2.29 bits per heavy atom. The molecule has 2 amide bonds. The van der Waals surface area contributed by atoms with Crippen molar-refractivity contribution in [2.45, 2.75) is 25.9 Å². The van der Waals surface area contributed by atoms with Gasteiger partial charge in [0.2, 0.25) is 5.91 Å². The maximum Gasteiger partial charge on any atom is 0.263 e. The summed E-state index contributed by atoms with van der Waals surface area (Å²) in [5.41, 5.74) is 4.99. The van der Waals surface area contributed by atoms with Gasteiger partial charge < -0.3 is 11.1 Å². The van der Waals surface area contributed by atoms with Crippen LogP contribution < -0.4 is 11.1 Å². The van der Waals surface area contributed by atoms with E-state index in [1.807, 2.05) is 6.92 Å². The number of aromatic nitrogens is 2. The van der Waals surface area contributed by atoms with Crippen LogP contribution in [0.1, 0.15) is 22.2 Å². The number of amides is 2. The highest BCUT2D eigenvalue weighted by Gasteiger charge is 2.35. The second-order valence-electron chi connectivity index (χ2n) is 4.92. The van der Waals surface area contributed by atoms with Crippen molar-refractivity contribution in [1.82, 2.24) is 15.1 Å². The van der Waals surface area contributed by atoms with Crippen LogP contribution in [0.5, 0.6) is 0 Å². The van der Waals surface area contributed by atoms with Gasteiger partial charge in [0.15, 0.2) is 0 Å². The summed E-state index contributed by atoms with van der Waals surface area (Å²) >= 11 is 7.30. The molecule has 21 heavy (non-hydrogen) atoms. The largest absolute Gasteiger partial charge is 0.368 e. The van der Waals surface area contributed by atoms with E-state index in [-0.39, 0.29) is 6.54 Å². The first-order valence-electron chi connectivity index (χ1n) is 6.17. The number of aryl methyl sites for hydroxylation is 1. The van der Waals surface area contributed by atoms with Crippen LogP contribution in [0.3, 0.4) is 0 Å². The number of halogens is 1. The Hall–Kier alpha value is -1.86. The highest BCUT2D eigenvalue weighted by Crippen LogP contribution is 2.27. The number of carbonyl (C=O) groups excluding carboxylic acids is 2. The SMILES string of the molecule is Cc1csc(C(=O)NC(C)(Cn2cccn2)C(N)=O)c1Cl. The first kappa shape index (κ1) is 15.5. The number of primary amides is 1. The van der Waals surface area contributed by atoms with E-state index in [0.29, 0.717) is 9.90 Å². The topological polar surface area (TPSA) is 90.0 Å². The van der Waals surface area contributed by atoms with Gasteiger partial charge in [0.05, 0.1) is 11.6 Å². The van der Waals surface area contributed by atoms with Crippen LogP contribution >= 0.6 is 22.9 Å². The molecule has 2 aromatic rings. The molecule has 0 radical (unpaired) electrons. The van der Waals surface area contributed by atoms with Crippen LogP contribution in [0, 0.1) is 6.92 Å². The van der Waals surface area contributed by atoms with E-state index < -0.39 is 17.4 Å². The molecule has 0 aliphatic rings. The summed E-state index contributed by atoms with van der Waals surface area (Å²) < 4.78 is 1.53. The van der Waals surface area contributed by atoms with Gasteiger partial charge in [-0.05, 0) is 30.9 Å². The number of hydrogen-bond acceptors (Lipinski definition) is 4. The van der Waals surface area contributed by atoms with Crippen molar-refractivity contribution < 1.29 is 9.59 Å². The van der Waals surface area contributed by atoms with Gasteiger partial charge in [-0.25, -0.2) is 0 Å². The molecule has 0 saturated heterocycles. The molecule has 2 rings (SSSR count). The third-order valence-corrected chi connectivity index (χ3v) is 4.77. The standard InChI is InChI=1S/C13H15ClN4O2S/c1-8-6-21-10(9(8)14)11(19)17-13(2,12(15)20)7-18-5-3-4-16-18/h3-6H,7H2,1-2H3,(H2,15,20)(H,17,19).